The van der Waals surface area contributed by atoms with E-state index in [9.17, 15) is 0 Å². The zero-order valence-electron chi connectivity index (χ0n) is 39.2. The molecule has 4 atom stereocenters. The van der Waals surface area contributed by atoms with Crippen LogP contribution in [-0.4, -0.2) is 16.1 Å². The van der Waals surface area contributed by atoms with Crippen LogP contribution in [0.25, 0.3) is 264 Å². The summed E-state index contributed by atoms with van der Waals surface area (Å²) in [6.45, 7) is 15.2. The van der Waals surface area contributed by atoms with E-state index in [1.807, 2.05) is 0 Å². The van der Waals surface area contributed by atoms with Gasteiger partial charge in [-0.15, -0.1) is 11.1 Å². The summed E-state index contributed by atoms with van der Waals surface area (Å²) >= 11 is 0. The minimum absolute atomic E-state index is 0.139. The molecule has 72 heavy (non-hydrogen) atoms. The molecule has 0 N–H and O–H groups in total. The zero-order chi connectivity index (χ0) is 44.3. The standard InChI is InChI=1S/C70H20Si2/c1-71(2,3)9-7-69-64-57-44-38-26-21-14-12-11-13-16-15(12)27-29(21)40(44)46-35(27)36-28(16)30-22-19(13)24-23-17(11)20-18(14)25(26)37-39-31(20)33(23)49-50-34(24)32(22)42-48-41(30)47(36)59(58(46)64)65(69)60(48)61-52(42)55(50)63-54(49)51(39)56-45(37)43(38)53(57)62-66(56)70(63,67(61)68(62)69)8-10-72(4,5)6/h63,68H,1-6H3. The molecule has 7 aliphatic rings. The van der Waals surface area contributed by atoms with E-state index in [0.717, 1.165) is 0 Å². The minimum atomic E-state index is -1.92. The van der Waals surface area contributed by atoms with E-state index in [4.69, 9.17) is 11.8 Å². The fourth-order valence-corrected chi connectivity index (χ4v) is 26.0. The molecule has 0 heterocycles. The first-order chi connectivity index (χ1) is 35.1. The van der Waals surface area contributed by atoms with Crippen LogP contribution in [0.5, 0.6) is 0 Å². The number of hydrogen-bond donors (Lipinski definition) is 0. The summed E-state index contributed by atoms with van der Waals surface area (Å²) in [5.41, 5.74) is 19.7. The SMILES string of the molecule is C[Si](C)(C)C#CC12C3=c4c5c6c7c8c(c9c%10c1c1c%11c%12c%13c%14c%15c(c4c4c5c5c7c7c%16c8c8c9c9c%10c%11c%10c%12c%11c%14c%12c%14c%15c4c4c5c7c5c(c%144)c4c%12c%11c7c%10c9c9c8c%16c5c4c97)C%13(C#C[Si](C)(C)C)C31)C62. The molecule has 0 radical (unpaired) electrons. The van der Waals surface area contributed by atoms with E-state index in [2.05, 4.69) is 50.4 Å². The van der Waals surface area contributed by atoms with Crippen LogP contribution in [0.3, 0.4) is 0 Å². The van der Waals surface area contributed by atoms with Crippen LogP contribution in [0, 0.1) is 22.9 Å². The third-order valence-corrected chi connectivity index (χ3v) is 26.8. The van der Waals surface area contributed by atoms with Crippen molar-refractivity contribution in [2.45, 2.75) is 61.9 Å². The van der Waals surface area contributed by atoms with E-state index >= 15 is 0 Å². The van der Waals surface area contributed by atoms with Crippen molar-refractivity contribution in [3.63, 3.8) is 0 Å². The molecule has 0 nitrogen and oxygen atoms in total. The van der Waals surface area contributed by atoms with Crippen LogP contribution in [0.15, 0.2) is 0 Å². The van der Waals surface area contributed by atoms with Crippen molar-refractivity contribution in [2.75, 3.05) is 0 Å². The Morgan fingerprint density at radius 3 is 0.875 bits per heavy atom. The van der Waals surface area contributed by atoms with Gasteiger partial charge in [0.25, 0.3) is 0 Å². The maximum atomic E-state index is 4.73. The van der Waals surface area contributed by atoms with Gasteiger partial charge in [-0.25, -0.2) is 0 Å². The molecule has 2 heteroatoms. The lowest BCUT2D eigenvalue weighted by molar-refractivity contribution is 0.578. The number of rotatable bonds is 0. The first-order valence-corrected chi connectivity index (χ1v) is 34.2. The Morgan fingerprint density at radius 2 is 0.486 bits per heavy atom. The van der Waals surface area contributed by atoms with E-state index in [-0.39, 0.29) is 11.8 Å². The molecule has 0 fully saturated rings. The van der Waals surface area contributed by atoms with E-state index in [1.54, 1.807) is 303 Å². The van der Waals surface area contributed by atoms with Gasteiger partial charge in [0.2, 0.25) is 0 Å². The Hall–Kier alpha value is -7.73. The summed E-state index contributed by atoms with van der Waals surface area (Å²) in [7, 11) is -3.84. The molecule has 0 amide bonds. The Bertz CT molecular complexity index is 7450. The predicted octanol–water partition coefficient (Wildman–Crippen LogP) is 17.5. The molecule has 0 bridgehead atoms. The van der Waals surface area contributed by atoms with Crippen molar-refractivity contribution in [1.82, 2.24) is 0 Å². The summed E-state index contributed by atoms with van der Waals surface area (Å²) in [5, 5.41) is 81.1. The van der Waals surface area contributed by atoms with Gasteiger partial charge in [-0.2, -0.15) is 0 Å². The summed E-state index contributed by atoms with van der Waals surface area (Å²) in [6, 6.07) is 0. The van der Waals surface area contributed by atoms with Crippen molar-refractivity contribution >= 4 is 280 Å². The lowest BCUT2D eigenvalue weighted by atomic mass is 9.53. The summed E-state index contributed by atoms with van der Waals surface area (Å²) < 4.78 is 0. The smallest absolute Gasteiger partial charge is 0.129 e. The zero-order valence-corrected chi connectivity index (χ0v) is 41.2. The molecular formula is C70H20Si2. The van der Waals surface area contributed by atoms with Crippen molar-refractivity contribution in [3.05, 3.63) is 38.6 Å². The lowest BCUT2D eigenvalue weighted by Gasteiger charge is -2.46. The van der Waals surface area contributed by atoms with Crippen molar-refractivity contribution in [3.8, 4) is 22.9 Å². The monoisotopic (exact) mass is 916 g/mol. The normalized spacial score (nSPS) is 24.4. The molecule has 25 aromatic carbocycles. The second kappa shape index (κ2) is 6.50. The van der Waals surface area contributed by atoms with Gasteiger partial charge >= 0.3 is 0 Å². The van der Waals surface area contributed by atoms with Crippen molar-refractivity contribution in [1.29, 1.82) is 0 Å². The Labute approximate surface area is 401 Å². The highest BCUT2D eigenvalue weighted by molar-refractivity contribution is 6.85. The first-order valence-electron chi connectivity index (χ1n) is 27.2. The van der Waals surface area contributed by atoms with Crippen molar-refractivity contribution in [2.24, 2.45) is 0 Å². The molecule has 32 rings (SSSR count). The van der Waals surface area contributed by atoms with Gasteiger partial charge in [0, 0.05) is 11.8 Å². The topological polar surface area (TPSA) is 0 Å². The molecule has 308 valence electrons. The van der Waals surface area contributed by atoms with Gasteiger partial charge in [-0.3, -0.25) is 0 Å². The first kappa shape index (κ1) is 29.0. The Balaban J connectivity index is 1.19. The average Bonchev–Trinajstić information content (AvgIpc) is 4.20. The second-order valence-electron chi connectivity index (χ2n) is 28.6. The maximum absolute atomic E-state index is 4.73. The fourth-order valence-electron chi connectivity index (χ4n) is 24.9. The fraction of sp³-hybridized carbons (Fsp3) is 0.143. The lowest BCUT2D eigenvalue weighted by Crippen LogP contribution is -2.45. The average molecular weight is 917 g/mol. The van der Waals surface area contributed by atoms with E-state index in [0.29, 0.717) is 0 Å². The largest absolute Gasteiger partial charge is 0.131 e. The molecule has 0 aliphatic heterocycles. The predicted molar refractivity (Wildman–Crippen MR) is 312 cm³/mol. The van der Waals surface area contributed by atoms with Crippen LogP contribution in [0.2, 0.25) is 39.3 Å². The quantitative estimate of drug-likeness (QED) is 0.0808. The number of benzene rings is 16. The summed E-state index contributed by atoms with van der Waals surface area (Å²) in [6.07, 6.45) is 0. The van der Waals surface area contributed by atoms with Crippen LogP contribution in [0.4, 0.5) is 0 Å². The van der Waals surface area contributed by atoms with E-state index < -0.39 is 27.0 Å². The molecule has 0 aromatic heterocycles. The second-order valence-corrected chi connectivity index (χ2v) is 38.1. The molecule has 0 saturated heterocycles. The van der Waals surface area contributed by atoms with E-state index in [1.165, 1.54) is 0 Å². The number of hydrogen-bond acceptors (Lipinski definition) is 0. The van der Waals surface area contributed by atoms with Gasteiger partial charge in [-0.1, -0.05) is 51.1 Å². The Kier molecular flexibility index (Phi) is 2.61. The Morgan fingerprint density at radius 1 is 0.236 bits per heavy atom. The minimum Gasteiger partial charge on any atom is -0.131 e. The van der Waals surface area contributed by atoms with Gasteiger partial charge in [0.05, 0.1) is 10.8 Å². The van der Waals surface area contributed by atoms with Crippen LogP contribution >= 0.6 is 0 Å². The third kappa shape index (κ3) is 1.63. The highest BCUT2D eigenvalue weighted by Gasteiger charge is 2.71. The molecule has 0 saturated carbocycles. The van der Waals surface area contributed by atoms with Crippen molar-refractivity contribution < 1.29 is 0 Å². The molecule has 0 spiro atoms. The van der Waals surface area contributed by atoms with Gasteiger partial charge in [-0.05, 0) is 303 Å². The van der Waals surface area contributed by atoms with Gasteiger partial charge < -0.3 is 0 Å². The highest BCUT2D eigenvalue weighted by atomic mass is 28.3. The summed E-state index contributed by atoms with van der Waals surface area (Å²) in [5.74, 6) is 9.77. The van der Waals surface area contributed by atoms with Crippen LogP contribution in [0.1, 0.15) is 45.2 Å². The van der Waals surface area contributed by atoms with Crippen LogP contribution < -0.4 is 5.22 Å². The third-order valence-electron chi connectivity index (χ3n) is 25.0. The molecule has 7 aliphatic carbocycles. The van der Waals surface area contributed by atoms with Gasteiger partial charge in [0.1, 0.15) is 16.1 Å². The maximum Gasteiger partial charge on any atom is 0.129 e. The molecular weight excluding hydrogens is 897 g/mol. The molecule has 4 unspecified atom stereocenters. The van der Waals surface area contributed by atoms with Gasteiger partial charge in [0.15, 0.2) is 0 Å². The highest BCUT2D eigenvalue weighted by Crippen LogP contribution is 2.85. The van der Waals surface area contributed by atoms with Crippen LogP contribution in [-0.2, 0) is 10.8 Å². The summed E-state index contributed by atoms with van der Waals surface area (Å²) in [4.78, 5) is 0. The molecule has 25 aromatic rings.